The summed E-state index contributed by atoms with van der Waals surface area (Å²) in [6, 6.07) is 13.7. The first-order valence-corrected chi connectivity index (χ1v) is 13.5. The summed E-state index contributed by atoms with van der Waals surface area (Å²) < 4.78 is 12.4. The number of rotatable bonds is 13. The van der Waals surface area contributed by atoms with E-state index in [1.807, 2.05) is 30.0 Å². The van der Waals surface area contributed by atoms with Gasteiger partial charge in [0.15, 0.2) is 0 Å². The standard InChI is InChI=1S/C30H42N2O5/c1-4-5-16-31-30(35)32(20-24-14-12-22(2)13-15-24)17-18-36-26-10-7-11-27(19-26)37-21-25-9-6-8-23(3)28(25)29(33)34/h6,8-9,12-15,26-27H,4-5,7,10-11,16-21H2,1-3H3,(H,31,35)(H,33,34). The van der Waals surface area contributed by atoms with Gasteiger partial charge in [-0.05, 0) is 62.6 Å². The molecular formula is C30H42N2O5. The van der Waals surface area contributed by atoms with E-state index in [0.29, 0.717) is 37.4 Å². The van der Waals surface area contributed by atoms with Gasteiger partial charge in [-0.3, -0.25) is 0 Å². The largest absolute Gasteiger partial charge is 0.478 e. The zero-order valence-electron chi connectivity index (χ0n) is 22.5. The lowest BCUT2D eigenvalue weighted by molar-refractivity contribution is -0.0526. The summed E-state index contributed by atoms with van der Waals surface area (Å²) in [5.74, 6) is -0.921. The SMILES string of the molecule is CCCCNC(=O)N(CCOC1CCCC(OCc2cccc(C)c2C(=O)O)C1)Cc1ccc(C)cc1. The van der Waals surface area contributed by atoms with Gasteiger partial charge >= 0.3 is 12.0 Å². The monoisotopic (exact) mass is 510 g/mol. The van der Waals surface area contributed by atoms with Crippen molar-refractivity contribution < 1.29 is 24.2 Å². The van der Waals surface area contributed by atoms with E-state index in [1.54, 1.807) is 0 Å². The van der Waals surface area contributed by atoms with Crippen LogP contribution in [0.2, 0.25) is 0 Å². The highest BCUT2D eigenvalue weighted by Gasteiger charge is 2.24. The third kappa shape index (κ3) is 9.17. The zero-order valence-corrected chi connectivity index (χ0v) is 22.5. The summed E-state index contributed by atoms with van der Waals surface area (Å²) in [5, 5.41) is 12.6. The molecule has 7 heteroatoms. The summed E-state index contributed by atoms with van der Waals surface area (Å²) in [4.78, 5) is 26.3. The van der Waals surface area contributed by atoms with Crippen molar-refractivity contribution >= 4 is 12.0 Å². The number of carboxylic acid groups (broad SMARTS) is 1. The molecule has 1 fully saturated rings. The van der Waals surface area contributed by atoms with E-state index >= 15 is 0 Å². The van der Waals surface area contributed by atoms with Gasteiger partial charge in [0, 0.05) is 19.6 Å². The second-order valence-corrected chi connectivity index (χ2v) is 10.00. The van der Waals surface area contributed by atoms with Crippen molar-refractivity contribution in [2.75, 3.05) is 19.7 Å². The Morgan fingerprint density at radius 2 is 1.78 bits per heavy atom. The third-order valence-corrected chi connectivity index (χ3v) is 6.93. The molecule has 1 aliphatic rings. The molecule has 0 bridgehead atoms. The summed E-state index contributed by atoms with van der Waals surface area (Å²) in [7, 11) is 0. The number of aromatic carboxylic acids is 1. The quantitative estimate of drug-likeness (QED) is 0.330. The summed E-state index contributed by atoms with van der Waals surface area (Å²) >= 11 is 0. The molecule has 2 unspecified atom stereocenters. The number of carbonyl (C=O) groups excluding carboxylic acids is 1. The molecule has 0 radical (unpaired) electrons. The van der Waals surface area contributed by atoms with E-state index in [1.165, 1.54) is 5.56 Å². The number of amides is 2. The van der Waals surface area contributed by atoms with Crippen molar-refractivity contribution in [3.05, 3.63) is 70.3 Å². The average molecular weight is 511 g/mol. The lowest BCUT2D eigenvalue weighted by Crippen LogP contribution is -2.42. The van der Waals surface area contributed by atoms with Crippen LogP contribution in [0.5, 0.6) is 0 Å². The van der Waals surface area contributed by atoms with Crippen LogP contribution in [0, 0.1) is 13.8 Å². The number of hydrogen-bond donors (Lipinski definition) is 2. The van der Waals surface area contributed by atoms with Crippen LogP contribution in [0.25, 0.3) is 0 Å². The van der Waals surface area contributed by atoms with E-state index in [2.05, 4.69) is 43.4 Å². The minimum Gasteiger partial charge on any atom is -0.478 e. The van der Waals surface area contributed by atoms with Crippen molar-refractivity contribution in [3.8, 4) is 0 Å². The van der Waals surface area contributed by atoms with Gasteiger partial charge in [0.25, 0.3) is 0 Å². The summed E-state index contributed by atoms with van der Waals surface area (Å²) in [6.07, 6.45) is 5.77. The number of aryl methyl sites for hydroxylation is 2. The smallest absolute Gasteiger partial charge is 0.336 e. The normalized spacial score (nSPS) is 17.4. The molecule has 202 valence electrons. The molecule has 7 nitrogen and oxygen atoms in total. The van der Waals surface area contributed by atoms with E-state index in [9.17, 15) is 14.7 Å². The highest BCUT2D eigenvalue weighted by atomic mass is 16.5. The number of unbranched alkanes of at least 4 members (excludes halogenated alkanes) is 1. The number of nitrogens with one attached hydrogen (secondary N) is 1. The van der Waals surface area contributed by atoms with E-state index in [-0.39, 0.29) is 24.8 Å². The number of carbonyl (C=O) groups is 2. The number of benzene rings is 2. The molecule has 2 aromatic rings. The first-order valence-electron chi connectivity index (χ1n) is 13.5. The van der Waals surface area contributed by atoms with Gasteiger partial charge in [0.2, 0.25) is 0 Å². The fourth-order valence-electron chi connectivity index (χ4n) is 4.75. The van der Waals surface area contributed by atoms with Crippen LogP contribution < -0.4 is 5.32 Å². The Labute approximate surface area is 221 Å². The van der Waals surface area contributed by atoms with Crippen molar-refractivity contribution in [3.63, 3.8) is 0 Å². The van der Waals surface area contributed by atoms with E-state index in [4.69, 9.17) is 9.47 Å². The van der Waals surface area contributed by atoms with Crippen LogP contribution in [0.1, 0.15) is 78.1 Å². The maximum atomic E-state index is 12.8. The van der Waals surface area contributed by atoms with Gasteiger partial charge in [-0.2, -0.15) is 0 Å². The first kappa shape index (κ1) is 28.7. The van der Waals surface area contributed by atoms with Gasteiger partial charge < -0.3 is 24.8 Å². The van der Waals surface area contributed by atoms with Gasteiger partial charge in [0.05, 0.1) is 31.0 Å². The van der Waals surface area contributed by atoms with Crippen LogP contribution in [0.4, 0.5) is 4.79 Å². The summed E-state index contributed by atoms with van der Waals surface area (Å²) in [6.45, 7) is 8.45. The predicted octanol–water partition coefficient (Wildman–Crippen LogP) is 5.86. The second kappa shape index (κ2) is 14.7. The van der Waals surface area contributed by atoms with Gasteiger partial charge in [-0.15, -0.1) is 0 Å². The molecule has 0 aliphatic heterocycles. The van der Waals surface area contributed by atoms with Gasteiger partial charge in [0.1, 0.15) is 0 Å². The van der Waals surface area contributed by atoms with Gasteiger partial charge in [-0.25, -0.2) is 9.59 Å². The number of nitrogens with zero attached hydrogens (tertiary/aromatic N) is 1. The van der Waals surface area contributed by atoms with Gasteiger partial charge in [-0.1, -0.05) is 61.4 Å². The molecule has 2 aromatic carbocycles. The van der Waals surface area contributed by atoms with Crippen LogP contribution in [0.15, 0.2) is 42.5 Å². The minimum atomic E-state index is -0.921. The molecule has 1 saturated carbocycles. The number of urea groups is 1. The molecule has 2 atom stereocenters. The fourth-order valence-corrected chi connectivity index (χ4v) is 4.75. The lowest BCUT2D eigenvalue weighted by atomic mass is 9.94. The molecule has 0 heterocycles. The molecule has 0 spiro atoms. The minimum absolute atomic E-state index is 0.0295. The van der Waals surface area contributed by atoms with Crippen molar-refractivity contribution in [2.45, 2.75) is 84.7 Å². The molecule has 37 heavy (non-hydrogen) atoms. The maximum Gasteiger partial charge on any atom is 0.336 e. The van der Waals surface area contributed by atoms with E-state index in [0.717, 1.165) is 49.7 Å². The maximum absolute atomic E-state index is 12.8. The van der Waals surface area contributed by atoms with Crippen molar-refractivity contribution in [1.82, 2.24) is 10.2 Å². The Morgan fingerprint density at radius 3 is 2.49 bits per heavy atom. The van der Waals surface area contributed by atoms with E-state index < -0.39 is 5.97 Å². The third-order valence-electron chi connectivity index (χ3n) is 6.93. The Morgan fingerprint density at radius 1 is 1.05 bits per heavy atom. The molecule has 0 aromatic heterocycles. The van der Waals surface area contributed by atoms with Crippen LogP contribution in [-0.4, -0.2) is 53.9 Å². The Bertz CT molecular complexity index is 1010. The number of hydrogen-bond acceptors (Lipinski definition) is 4. The molecular weight excluding hydrogens is 468 g/mol. The number of carboxylic acids is 1. The van der Waals surface area contributed by atoms with Crippen LogP contribution in [0.3, 0.4) is 0 Å². The van der Waals surface area contributed by atoms with Crippen LogP contribution >= 0.6 is 0 Å². The number of ether oxygens (including phenoxy) is 2. The average Bonchev–Trinajstić information content (AvgIpc) is 2.88. The first-order chi connectivity index (χ1) is 17.9. The molecule has 2 N–H and O–H groups in total. The molecule has 3 rings (SSSR count). The zero-order chi connectivity index (χ0) is 26.6. The highest BCUT2D eigenvalue weighted by molar-refractivity contribution is 5.91. The molecule has 0 saturated heterocycles. The fraction of sp³-hybridized carbons (Fsp3) is 0.533. The van der Waals surface area contributed by atoms with Crippen LogP contribution in [-0.2, 0) is 22.6 Å². The Kier molecular flexibility index (Phi) is 11.4. The summed E-state index contributed by atoms with van der Waals surface area (Å²) in [5.41, 5.74) is 4.07. The van der Waals surface area contributed by atoms with Crippen molar-refractivity contribution in [1.29, 1.82) is 0 Å². The Balaban J connectivity index is 1.50. The highest BCUT2D eigenvalue weighted by Crippen LogP contribution is 2.25. The Hall–Kier alpha value is -2.90. The lowest BCUT2D eigenvalue weighted by Gasteiger charge is -2.30. The second-order valence-electron chi connectivity index (χ2n) is 10.00. The topological polar surface area (TPSA) is 88.1 Å². The predicted molar refractivity (Wildman–Crippen MR) is 145 cm³/mol. The molecule has 1 aliphatic carbocycles. The molecule has 2 amide bonds. The van der Waals surface area contributed by atoms with Crippen molar-refractivity contribution in [2.24, 2.45) is 0 Å².